The number of hydrogen-bond acceptors (Lipinski definition) is 4. The number of ether oxygens (including phenoxy) is 1. The van der Waals surface area contributed by atoms with Crippen molar-refractivity contribution in [1.29, 1.82) is 0 Å². The SMILES string of the molecule is CNC(=O)CN1c2ccccc2C(=O)N(C)[C@@H]1c1cc(C)c(OC)c(C)c1. The van der Waals surface area contributed by atoms with Crippen LogP contribution >= 0.6 is 0 Å². The highest BCUT2D eigenvalue weighted by Crippen LogP contribution is 2.39. The normalized spacial score (nSPS) is 16.2. The summed E-state index contributed by atoms with van der Waals surface area (Å²) < 4.78 is 5.47. The van der Waals surface area contributed by atoms with Gasteiger partial charge in [0.1, 0.15) is 11.9 Å². The fourth-order valence-corrected chi connectivity index (χ4v) is 3.81. The Labute approximate surface area is 159 Å². The average molecular weight is 367 g/mol. The second kappa shape index (κ2) is 7.31. The summed E-state index contributed by atoms with van der Waals surface area (Å²) in [6.45, 7) is 4.12. The number of likely N-dealkylation sites (N-methyl/N-ethyl adjacent to an activating group) is 1. The van der Waals surface area contributed by atoms with Crippen LogP contribution in [-0.2, 0) is 4.79 Å². The largest absolute Gasteiger partial charge is 0.496 e. The van der Waals surface area contributed by atoms with Crippen molar-refractivity contribution in [3.05, 3.63) is 58.7 Å². The quantitative estimate of drug-likeness (QED) is 0.902. The van der Waals surface area contributed by atoms with E-state index in [1.165, 1.54) is 0 Å². The number of hydrogen-bond donors (Lipinski definition) is 1. The standard InChI is InChI=1S/C21H25N3O3/c1-13-10-15(11-14(2)19(13)27-5)20-23(4)21(26)16-8-6-7-9-17(16)24(20)12-18(25)22-3/h6-11,20H,12H2,1-5H3,(H,22,25)/t20-/m0/s1. The van der Waals surface area contributed by atoms with Crippen LogP contribution in [0.25, 0.3) is 0 Å². The minimum atomic E-state index is -0.381. The van der Waals surface area contributed by atoms with Crippen molar-refractivity contribution in [1.82, 2.24) is 10.2 Å². The molecule has 142 valence electrons. The Balaban J connectivity index is 2.17. The predicted octanol–water partition coefficient (Wildman–Crippen LogP) is 2.65. The van der Waals surface area contributed by atoms with E-state index in [9.17, 15) is 9.59 Å². The number of carbonyl (C=O) groups is 2. The number of amides is 2. The number of nitrogens with zero attached hydrogens (tertiary/aromatic N) is 2. The van der Waals surface area contributed by atoms with E-state index in [0.717, 1.165) is 28.1 Å². The monoisotopic (exact) mass is 367 g/mol. The number of methoxy groups -OCH3 is 1. The fraction of sp³-hybridized carbons (Fsp3) is 0.333. The van der Waals surface area contributed by atoms with Crippen molar-refractivity contribution in [2.45, 2.75) is 20.0 Å². The van der Waals surface area contributed by atoms with Crippen molar-refractivity contribution in [3.8, 4) is 5.75 Å². The van der Waals surface area contributed by atoms with E-state index in [1.54, 1.807) is 32.2 Å². The van der Waals surface area contributed by atoms with Gasteiger partial charge in [0.15, 0.2) is 0 Å². The number of carbonyl (C=O) groups excluding carboxylic acids is 2. The number of nitrogens with one attached hydrogen (secondary N) is 1. The van der Waals surface area contributed by atoms with Gasteiger partial charge >= 0.3 is 0 Å². The van der Waals surface area contributed by atoms with E-state index in [4.69, 9.17) is 4.74 Å². The number of fused-ring (bicyclic) bond motifs is 1. The summed E-state index contributed by atoms with van der Waals surface area (Å²) >= 11 is 0. The second-order valence-corrected chi connectivity index (χ2v) is 6.80. The molecule has 1 atom stereocenters. The number of rotatable bonds is 4. The first kappa shape index (κ1) is 18.8. The van der Waals surface area contributed by atoms with E-state index in [-0.39, 0.29) is 24.5 Å². The van der Waals surface area contributed by atoms with Crippen LogP contribution in [0.2, 0.25) is 0 Å². The van der Waals surface area contributed by atoms with Crippen LogP contribution in [0.5, 0.6) is 5.75 Å². The maximum absolute atomic E-state index is 13.0. The molecule has 0 aromatic heterocycles. The van der Waals surface area contributed by atoms with Crippen LogP contribution in [0.4, 0.5) is 5.69 Å². The van der Waals surface area contributed by atoms with E-state index in [2.05, 4.69) is 5.32 Å². The van der Waals surface area contributed by atoms with Crippen LogP contribution in [0.3, 0.4) is 0 Å². The van der Waals surface area contributed by atoms with Crippen LogP contribution in [0, 0.1) is 13.8 Å². The van der Waals surface area contributed by atoms with Crippen molar-refractivity contribution >= 4 is 17.5 Å². The Morgan fingerprint density at radius 1 is 1.19 bits per heavy atom. The molecule has 0 saturated carbocycles. The molecule has 0 spiro atoms. The van der Waals surface area contributed by atoms with Crippen LogP contribution in [0.15, 0.2) is 36.4 Å². The maximum atomic E-state index is 13.0. The molecule has 1 aliphatic heterocycles. The zero-order chi connectivity index (χ0) is 19.7. The minimum Gasteiger partial charge on any atom is -0.496 e. The Bertz CT molecular complexity index is 871. The molecule has 0 fully saturated rings. The maximum Gasteiger partial charge on any atom is 0.257 e. The first-order valence-electron chi connectivity index (χ1n) is 8.87. The molecular weight excluding hydrogens is 342 g/mol. The average Bonchev–Trinajstić information content (AvgIpc) is 2.65. The summed E-state index contributed by atoms with van der Waals surface area (Å²) in [4.78, 5) is 28.8. The lowest BCUT2D eigenvalue weighted by molar-refractivity contribution is -0.119. The van der Waals surface area contributed by atoms with E-state index in [1.807, 2.05) is 49.1 Å². The molecular formula is C21H25N3O3. The predicted molar refractivity (Wildman–Crippen MR) is 105 cm³/mol. The van der Waals surface area contributed by atoms with Gasteiger partial charge in [-0.3, -0.25) is 9.59 Å². The number of benzene rings is 2. The van der Waals surface area contributed by atoms with Crippen LogP contribution < -0.4 is 15.0 Å². The van der Waals surface area contributed by atoms with Gasteiger partial charge in [-0.2, -0.15) is 0 Å². The summed E-state index contributed by atoms with van der Waals surface area (Å²) in [5, 5.41) is 2.68. The lowest BCUT2D eigenvalue weighted by Gasteiger charge is -2.44. The van der Waals surface area contributed by atoms with Gasteiger partial charge in [0.2, 0.25) is 5.91 Å². The van der Waals surface area contributed by atoms with Gasteiger partial charge in [-0.05, 0) is 54.8 Å². The van der Waals surface area contributed by atoms with Crippen molar-refractivity contribution < 1.29 is 14.3 Å². The lowest BCUT2D eigenvalue weighted by Crippen LogP contribution is -2.50. The van der Waals surface area contributed by atoms with Gasteiger partial charge < -0.3 is 19.9 Å². The molecule has 27 heavy (non-hydrogen) atoms. The first-order valence-corrected chi connectivity index (χ1v) is 8.87. The topological polar surface area (TPSA) is 61.9 Å². The molecule has 0 saturated heterocycles. The van der Waals surface area contributed by atoms with Gasteiger partial charge in [0, 0.05) is 14.1 Å². The first-order chi connectivity index (χ1) is 12.9. The zero-order valence-corrected chi connectivity index (χ0v) is 16.4. The third-order valence-electron chi connectivity index (χ3n) is 5.00. The summed E-state index contributed by atoms with van der Waals surface area (Å²) in [5.41, 5.74) is 4.29. The smallest absolute Gasteiger partial charge is 0.257 e. The second-order valence-electron chi connectivity index (χ2n) is 6.80. The Morgan fingerprint density at radius 2 is 1.81 bits per heavy atom. The highest BCUT2D eigenvalue weighted by atomic mass is 16.5. The lowest BCUT2D eigenvalue weighted by atomic mass is 9.98. The zero-order valence-electron chi connectivity index (χ0n) is 16.4. The molecule has 6 nitrogen and oxygen atoms in total. The Kier molecular flexibility index (Phi) is 5.08. The molecule has 0 aliphatic carbocycles. The summed E-state index contributed by atoms with van der Waals surface area (Å²) in [6.07, 6.45) is -0.381. The summed E-state index contributed by atoms with van der Waals surface area (Å²) in [6, 6.07) is 11.4. The summed E-state index contributed by atoms with van der Waals surface area (Å²) in [5.74, 6) is 0.663. The van der Waals surface area contributed by atoms with E-state index >= 15 is 0 Å². The molecule has 0 bridgehead atoms. The molecule has 0 unspecified atom stereocenters. The number of aryl methyl sites for hydroxylation is 2. The fourth-order valence-electron chi connectivity index (χ4n) is 3.81. The molecule has 6 heteroatoms. The van der Waals surface area contributed by atoms with Crippen LogP contribution in [-0.4, -0.2) is 44.5 Å². The summed E-state index contributed by atoms with van der Waals surface area (Å²) in [7, 11) is 5.04. The van der Waals surface area contributed by atoms with Gasteiger partial charge in [0.05, 0.1) is 24.9 Å². The van der Waals surface area contributed by atoms with E-state index < -0.39 is 0 Å². The van der Waals surface area contributed by atoms with Gasteiger partial charge in [0.25, 0.3) is 5.91 Å². The van der Waals surface area contributed by atoms with Crippen LogP contribution in [0.1, 0.15) is 33.2 Å². The molecule has 0 radical (unpaired) electrons. The molecule has 1 heterocycles. The van der Waals surface area contributed by atoms with Crippen molar-refractivity contribution in [3.63, 3.8) is 0 Å². The highest BCUT2D eigenvalue weighted by Gasteiger charge is 2.37. The van der Waals surface area contributed by atoms with Gasteiger partial charge in [-0.25, -0.2) is 0 Å². The molecule has 1 aliphatic rings. The third-order valence-corrected chi connectivity index (χ3v) is 5.00. The number of anilines is 1. The van der Waals surface area contributed by atoms with Crippen molar-refractivity contribution in [2.75, 3.05) is 32.6 Å². The van der Waals surface area contributed by atoms with E-state index in [0.29, 0.717) is 5.56 Å². The molecule has 1 N–H and O–H groups in total. The van der Waals surface area contributed by atoms with Gasteiger partial charge in [-0.15, -0.1) is 0 Å². The molecule has 3 rings (SSSR count). The third kappa shape index (κ3) is 3.23. The highest BCUT2D eigenvalue weighted by molar-refractivity contribution is 6.02. The van der Waals surface area contributed by atoms with Crippen molar-refractivity contribution in [2.24, 2.45) is 0 Å². The Hall–Kier alpha value is -3.02. The molecule has 2 aromatic carbocycles. The molecule has 2 amide bonds. The Morgan fingerprint density at radius 3 is 2.41 bits per heavy atom. The van der Waals surface area contributed by atoms with Gasteiger partial charge in [-0.1, -0.05) is 12.1 Å². The molecule has 2 aromatic rings. The number of para-hydroxylation sites is 1. The minimum absolute atomic E-state index is 0.0603.